The molecular weight excluding hydrogens is 400 g/mol. The van der Waals surface area contributed by atoms with Gasteiger partial charge in [-0.1, -0.05) is 44.2 Å². The largest absolute Gasteiger partial charge is 0.854 e. The molecular formula is C22H24N4O3S. The Hall–Kier alpha value is -2.87. The molecule has 0 fully saturated rings. The lowest BCUT2D eigenvalue weighted by molar-refractivity contribution is -0.765. The summed E-state index contributed by atoms with van der Waals surface area (Å²) in [5.41, 5.74) is 1.69. The van der Waals surface area contributed by atoms with Crippen LogP contribution >= 0.6 is 11.8 Å². The Bertz CT molecular complexity index is 1040. The molecule has 0 saturated carbocycles. The molecule has 30 heavy (non-hydrogen) atoms. The van der Waals surface area contributed by atoms with Crippen LogP contribution in [0, 0.1) is 0 Å². The third-order valence-electron chi connectivity index (χ3n) is 4.98. The highest BCUT2D eigenvalue weighted by Gasteiger charge is 2.46. The van der Waals surface area contributed by atoms with Gasteiger partial charge >= 0.3 is 6.17 Å². The number of aromatic nitrogens is 3. The summed E-state index contributed by atoms with van der Waals surface area (Å²) >= 11 is 1.46. The summed E-state index contributed by atoms with van der Waals surface area (Å²) in [4.78, 5) is 19.1. The quantitative estimate of drug-likeness (QED) is 0.327. The van der Waals surface area contributed by atoms with Crippen molar-refractivity contribution in [1.82, 2.24) is 10.1 Å². The first-order chi connectivity index (χ1) is 14.7. The first-order valence-electron chi connectivity index (χ1n) is 10.2. The summed E-state index contributed by atoms with van der Waals surface area (Å²) in [5.74, 6) is 0.977. The number of carbonyl (C=O) groups excluding carboxylic acids is 1. The Morgan fingerprint density at radius 2 is 2.07 bits per heavy atom. The second kappa shape index (κ2) is 8.87. The average molecular weight is 425 g/mol. The highest BCUT2D eigenvalue weighted by atomic mass is 32.2. The van der Waals surface area contributed by atoms with Crippen LogP contribution in [0.3, 0.4) is 0 Å². The van der Waals surface area contributed by atoms with E-state index in [4.69, 9.17) is 4.42 Å². The smallest absolute Gasteiger partial charge is 0.325 e. The minimum atomic E-state index is -0.676. The minimum absolute atomic E-state index is 0.0456. The van der Waals surface area contributed by atoms with Crippen LogP contribution in [0.5, 0.6) is 5.88 Å². The van der Waals surface area contributed by atoms with Gasteiger partial charge in [0, 0.05) is 17.3 Å². The number of rotatable bonds is 7. The van der Waals surface area contributed by atoms with Gasteiger partial charge in [-0.05, 0) is 41.8 Å². The van der Waals surface area contributed by atoms with E-state index in [-0.39, 0.29) is 11.8 Å². The number of para-hydroxylation sites is 1. The summed E-state index contributed by atoms with van der Waals surface area (Å²) in [6.07, 6.45) is 4.05. The van der Waals surface area contributed by atoms with Gasteiger partial charge in [0.15, 0.2) is 5.76 Å². The van der Waals surface area contributed by atoms with Crippen LogP contribution < -0.4 is 14.7 Å². The van der Waals surface area contributed by atoms with E-state index in [9.17, 15) is 9.90 Å². The van der Waals surface area contributed by atoms with Crippen molar-refractivity contribution in [2.75, 3.05) is 10.7 Å². The van der Waals surface area contributed by atoms with Crippen molar-refractivity contribution < 1.29 is 19.0 Å². The van der Waals surface area contributed by atoms with Crippen molar-refractivity contribution in [3.63, 3.8) is 0 Å². The average Bonchev–Trinajstić information content (AvgIpc) is 3.27. The van der Waals surface area contributed by atoms with Gasteiger partial charge in [-0.2, -0.15) is 0 Å². The zero-order chi connectivity index (χ0) is 21.1. The van der Waals surface area contributed by atoms with Crippen LogP contribution in [-0.2, 0) is 4.79 Å². The molecule has 0 N–H and O–H groups in total. The zero-order valence-electron chi connectivity index (χ0n) is 17.1. The summed E-state index contributed by atoms with van der Waals surface area (Å²) in [5, 5.41) is 18.2. The number of fused-ring (bicyclic) bond motifs is 3. The Labute approximate surface area is 179 Å². The summed E-state index contributed by atoms with van der Waals surface area (Å²) in [7, 11) is 0. The highest BCUT2D eigenvalue weighted by molar-refractivity contribution is 7.99. The predicted molar refractivity (Wildman–Crippen MR) is 112 cm³/mol. The number of amides is 1. The molecule has 2 aromatic heterocycles. The first-order valence-corrected chi connectivity index (χ1v) is 11.2. The van der Waals surface area contributed by atoms with Gasteiger partial charge in [0.2, 0.25) is 5.91 Å². The molecule has 1 aromatic carbocycles. The van der Waals surface area contributed by atoms with Crippen LogP contribution in [-0.4, -0.2) is 21.7 Å². The molecule has 1 atom stereocenters. The molecule has 3 aromatic rings. The van der Waals surface area contributed by atoms with Crippen molar-refractivity contribution in [1.29, 1.82) is 0 Å². The Balaban J connectivity index is 1.92. The molecule has 0 radical (unpaired) electrons. The molecule has 8 heteroatoms. The second-order valence-electron chi connectivity index (χ2n) is 7.11. The topological polar surface area (TPSA) is 86.2 Å². The molecule has 1 aliphatic heterocycles. The first kappa shape index (κ1) is 20.4. The fourth-order valence-corrected chi connectivity index (χ4v) is 4.51. The fraction of sp³-hybridized carbons (Fsp3) is 0.364. The molecule has 0 bridgehead atoms. The number of furan rings is 1. The molecule has 0 saturated heterocycles. The molecule has 1 amide bonds. The third kappa shape index (κ3) is 3.67. The summed E-state index contributed by atoms with van der Waals surface area (Å²) in [6.45, 7) is 4.08. The second-order valence-corrected chi connectivity index (χ2v) is 8.18. The van der Waals surface area contributed by atoms with Gasteiger partial charge in [0.05, 0.1) is 23.4 Å². The normalized spacial score (nSPS) is 15.0. The maximum Gasteiger partial charge on any atom is 0.325 e. The number of hydrogen-bond acceptors (Lipinski definition) is 6. The van der Waals surface area contributed by atoms with Crippen LogP contribution in [0.15, 0.2) is 52.2 Å². The standard InChI is InChI=1S/C22H24N4O3S/c1-3-5-14-30-22-23-20(28)19-15-10-6-7-11-16(15)25(18(27)9-4-2)21(26(19)24-22)17-12-8-13-29-17/h6-8,10-13,21H,3-5,9,14H2,1-2H3. The van der Waals surface area contributed by atoms with Gasteiger partial charge < -0.3 is 9.52 Å². The van der Waals surface area contributed by atoms with Crippen LogP contribution in [0.1, 0.15) is 51.5 Å². The number of benzene rings is 1. The van der Waals surface area contributed by atoms with Gasteiger partial charge in [0.25, 0.3) is 10.9 Å². The van der Waals surface area contributed by atoms with E-state index in [1.165, 1.54) is 11.8 Å². The fourth-order valence-electron chi connectivity index (χ4n) is 3.60. The van der Waals surface area contributed by atoms with Gasteiger partial charge in [-0.3, -0.25) is 4.79 Å². The molecule has 3 heterocycles. The van der Waals surface area contributed by atoms with Gasteiger partial charge in [-0.25, -0.2) is 9.88 Å². The van der Waals surface area contributed by atoms with Crippen LogP contribution in [0.25, 0.3) is 11.3 Å². The Morgan fingerprint density at radius 1 is 1.23 bits per heavy atom. The van der Waals surface area contributed by atoms with E-state index in [1.807, 2.05) is 31.2 Å². The van der Waals surface area contributed by atoms with Crippen molar-refractivity contribution >= 4 is 23.4 Å². The molecule has 7 nitrogen and oxygen atoms in total. The number of nitrogens with zero attached hydrogens (tertiary/aromatic N) is 4. The third-order valence-corrected chi connectivity index (χ3v) is 5.90. The lowest BCUT2D eigenvalue weighted by atomic mass is 10.0. The van der Waals surface area contributed by atoms with Crippen molar-refractivity contribution in [2.24, 2.45) is 0 Å². The maximum atomic E-state index is 13.2. The molecule has 4 rings (SSSR count). The highest BCUT2D eigenvalue weighted by Crippen LogP contribution is 2.41. The molecule has 0 spiro atoms. The number of hydrogen-bond donors (Lipinski definition) is 0. The van der Waals surface area contributed by atoms with E-state index < -0.39 is 6.17 Å². The number of carbonyl (C=O) groups is 1. The molecule has 156 valence electrons. The molecule has 0 aliphatic carbocycles. The lowest BCUT2D eigenvalue weighted by Crippen LogP contribution is -2.59. The van der Waals surface area contributed by atoms with E-state index in [0.717, 1.165) is 18.6 Å². The lowest BCUT2D eigenvalue weighted by Gasteiger charge is -2.32. The van der Waals surface area contributed by atoms with Gasteiger partial charge in [0.1, 0.15) is 0 Å². The molecule has 1 unspecified atom stereocenters. The van der Waals surface area contributed by atoms with Crippen molar-refractivity contribution in [2.45, 2.75) is 50.9 Å². The summed E-state index contributed by atoms with van der Waals surface area (Å²) in [6, 6.07) is 11.0. The van der Waals surface area contributed by atoms with Crippen molar-refractivity contribution in [3.05, 3.63) is 48.4 Å². The summed E-state index contributed by atoms with van der Waals surface area (Å²) < 4.78 is 7.31. The van der Waals surface area contributed by atoms with E-state index in [1.54, 1.807) is 28.0 Å². The monoisotopic (exact) mass is 424 g/mol. The Kier molecular flexibility index (Phi) is 6.03. The van der Waals surface area contributed by atoms with E-state index in [0.29, 0.717) is 40.7 Å². The number of unbranched alkanes of at least 4 members (excludes halogenated alkanes) is 1. The number of anilines is 1. The van der Waals surface area contributed by atoms with E-state index in [2.05, 4.69) is 17.0 Å². The maximum absolute atomic E-state index is 13.2. The Morgan fingerprint density at radius 3 is 2.80 bits per heavy atom. The minimum Gasteiger partial charge on any atom is -0.854 e. The van der Waals surface area contributed by atoms with Gasteiger partial charge in [-0.15, -0.1) is 0 Å². The van der Waals surface area contributed by atoms with E-state index >= 15 is 0 Å². The SMILES string of the molecule is CCCCSc1nc([O-])c2[n+](n1)C(c1ccco1)N(C(=O)CCC)c1ccccc1-2. The van der Waals surface area contributed by atoms with Crippen LogP contribution in [0.4, 0.5) is 5.69 Å². The van der Waals surface area contributed by atoms with Crippen molar-refractivity contribution in [3.8, 4) is 17.1 Å². The van der Waals surface area contributed by atoms with Crippen LogP contribution in [0.2, 0.25) is 0 Å². The zero-order valence-corrected chi connectivity index (χ0v) is 17.9. The molecule has 1 aliphatic rings. The predicted octanol–water partition coefficient (Wildman–Crippen LogP) is 3.68. The number of thioether (sulfide) groups is 1.